The van der Waals surface area contributed by atoms with Crippen LogP contribution in [0, 0.1) is 0 Å². The van der Waals surface area contributed by atoms with Gasteiger partial charge in [0.1, 0.15) is 11.2 Å². The predicted octanol–water partition coefficient (Wildman–Crippen LogP) is 12.6. The molecule has 9 aromatic rings. The van der Waals surface area contributed by atoms with Gasteiger partial charge in [-0.25, -0.2) is 0 Å². The van der Waals surface area contributed by atoms with Gasteiger partial charge in [-0.05, 0) is 61.0 Å². The van der Waals surface area contributed by atoms with Crippen LogP contribution >= 0.6 is 0 Å². The largest absolute Gasteiger partial charge is 0.455 e. The third-order valence-electron chi connectivity index (χ3n) is 8.40. The highest BCUT2D eigenvalue weighted by Crippen LogP contribution is 2.47. The van der Waals surface area contributed by atoms with Crippen molar-refractivity contribution in [2.75, 3.05) is 0 Å². The van der Waals surface area contributed by atoms with E-state index in [0.29, 0.717) is 5.56 Å². The molecule has 0 bridgehead atoms. The van der Waals surface area contributed by atoms with Gasteiger partial charge in [-0.2, -0.15) is 0 Å². The van der Waals surface area contributed by atoms with Crippen molar-refractivity contribution >= 4 is 43.5 Å². The number of fused-ring (bicyclic) bond motifs is 5. The van der Waals surface area contributed by atoms with Gasteiger partial charge in [-0.15, -0.1) is 0 Å². The van der Waals surface area contributed by atoms with E-state index >= 15 is 0 Å². The molecule has 0 aliphatic rings. The van der Waals surface area contributed by atoms with Gasteiger partial charge in [0.15, 0.2) is 0 Å². The second kappa shape index (κ2) is 10.4. The van der Waals surface area contributed by atoms with E-state index in [1.54, 1.807) is 0 Å². The molecule has 9 rings (SSSR count). The molecule has 0 unspecified atom stereocenters. The first kappa shape index (κ1) is 17.4. The van der Waals surface area contributed by atoms with Crippen molar-refractivity contribution in [1.29, 1.82) is 0 Å². The highest BCUT2D eigenvalue weighted by atomic mass is 16.3. The van der Waals surface area contributed by atoms with Crippen LogP contribution in [-0.2, 0) is 0 Å². The quantitative estimate of drug-likeness (QED) is 0.188. The molecule has 0 saturated heterocycles. The van der Waals surface area contributed by atoms with Gasteiger partial charge in [-0.1, -0.05) is 164 Å². The van der Waals surface area contributed by atoms with Gasteiger partial charge in [-0.3, -0.25) is 0 Å². The van der Waals surface area contributed by atoms with Crippen molar-refractivity contribution in [3.05, 3.63) is 170 Å². The molecule has 0 saturated carbocycles. The van der Waals surface area contributed by atoms with Crippen molar-refractivity contribution in [3.63, 3.8) is 0 Å². The van der Waals surface area contributed by atoms with Crippen LogP contribution in [0.3, 0.4) is 0 Å². The highest BCUT2D eigenvalue weighted by molar-refractivity contribution is 6.25. The van der Waals surface area contributed by atoms with Gasteiger partial charge in [0.2, 0.25) is 0 Å². The summed E-state index contributed by atoms with van der Waals surface area (Å²) >= 11 is 0. The fourth-order valence-electron chi connectivity index (χ4n) is 6.44. The lowest BCUT2D eigenvalue weighted by atomic mass is 9.85. The van der Waals surface area contributed by atoms with Crippen LogP contribution in [0.1, 0.15) is 13.7 Å². The molecular formula is C44H28O. The molecule has 8 aromatic carbocycles. The smallest absolute Gasteiger partial charge is 0.143 e. The third-order valence-corrected chi connectivity index (χ3v) is 8.40. The Labute approximate surface area is 275 Å². The predicted molar refractivity (Wildman–Crippen MR) is 190 cm³/mol. The monoisotopic (exact) mass is 582 g/mol. The zero-order valence-electron chi connectivity index (χ0n) is 33.8. The van der Waals surface area contributed by atoms with E-state index in [0.717, 1.165) is 43.8 Å². The summed E-state index contributed by atoms with van der Waals surface area (Å²) in [4.78, 5) is 0. The first-order chi connectivity index (χ1) is 26.5. The lowest BCUT2D eigenvalue weighted by Gasteiger charge is -2.18. The second-order valence-electron chi connectivity index (χ2n) is 10.9. The molecule has 1 aromatic heterocycles. The van der Waals surface area contributed by atoms with E-state index in [1.165, 1.54) is 6.07 Å². The summed E-state index contributed by atoms with van der Waals surface area (Å²) in [6.45, 7) is 0. The molecule has 45 heavy (non-hydrogen) atoms. The van der Waals surface area contributed by atoms with Crippen molar-refractivity contribution in [3.8, 4) is 44.5 Å². The van der Waals surface area contributed by atoms with E-state index in [1.807, 2.05) is 66.7 Å². The molecule has 1 heteroatoms. The lowest BCUT2D eigenvalue weighted by Crippen LogP contribution is -1.91. The van der Waals surface area contributed by atoms with Crippen molar-refractivity contribution < 1.29 is 18.1 Å². The van der Waals surface area contributed by atoms with Gasteiger partial charge < -0.3 is 4.42 Å². The Morgan fingerprint density at radius 3 is 1.71 bits per heavy atom. The van der Waals surface area contributed by atoms with Crippen molar-refractivity contribution in [2.24, 2.45) is 0 Å². The normalized spacial score (nSPS) is 14.7. The highest BCUT2D eigenvalue weighted by Gasteiger charge is 2.21. The molecule has 0 spiro atoms. The number of hydrogen-bond acceptors (Lipinski definition) is 1. The van der Waals surface area contributed by atoms with E-state index in [9.17, 15) is 2.74 Å². The van der Waals surface area contributed by atoms with E-state index in [-0.39, 0.29) is 50.7 Å². The maximum atomic E-state index is 9.38. The minimum Gasteiger partial charge on any atom is -0.455 e. The zero-order valence-corrected chi connectivity index (χ0v) is 23.8. The Hall–Kier alpha value is -5.92. The Bertz CT molecular complexity index is 3020. The Kier molecular flexibility index (Phi) is 4.01. The van der Waals surface area contributed by atoms with Gasteiger partial charge in [0, 0.05) is 21.9 Å². The van der Waals surface area contributed by atoms with Crippen LogP contribution in [0.25, 0.3) is 88.0 Å². The Morgan fingerprint density at radius 2 is 0.978 bits per heavy atom. The summed E-state index contributed by atoms with van der Waals surface area (Å²) in [5, 5.41) is 3.28. The minimum absolute atomic E-state index is 0.00881. The maximum absolute atomic E-state index is 9.38. The summed E-state index contributed by atoms with van der Waals surface area (Å²) in [7, 11) is 0. The molecule has 0 amide bonds. The van der Waals surface area contributed by atoms with Crippen LogP contribution in [0.2, 0.25) is 0 Å². The molecule has 0 atom stereocenters. The first-order valence-corrected chi connectivity index (χ1v) is 14.6. The number of rotatable bonds is 4. The number of furan rings is 1. The lowest BCUT2D eigenvalue weighted by molar-refractivity contribution is 0.670. The van der Waals surface area contributed by atoms with Crippen molar-refractivity contribution in [2.45, 2.75) is 0 Å². The SMILES string of the molecule is [2H]c1cc(-c2c([2H])c([2H])c([2H])c3oc4c(-c5c6ccccc6c(-c6ccc(-c7ccccc7)cc6)c6ccccc56)c([2H])c([2H])c([2H])c4c23)c([2H])c([2H])c1[2H]. The van der Waals surface area contributed by atoms with Crippen LogP contribution in [0.5, 0.6) is 0 Å². The molecule has 1 heterocycles. The van der Waals surface area contributed by atoms with E-state index in [4.69, 9.17) is 15.4 Å². The fraction of sp³-hybridized carbons (Fsp3) is 0. The van der Waals surface area contributed by atoms with E-state index in [2.05, 4.69) is 36.4 Å². The van der Waals surface area contributed by atoms with Crippen LogP contribution < -0.4 is 0 Å². The average molecular weight is 583 g/mol. The zero-order chi connectivity index (χ0) is 38.4. The summed E-state index contributed by atoms with van der Waals surface area (Å²) < 4.78 is 94.2. The van der Waals surface area contributed by atoms with Gasteiger partial charge >= 0.3 is 0 Å². The molecule has 0 fully saturated rings. The fourth-order valence-corrected chi connectivity index (χ4v) is 6.44. The summed E-state index contributed by atoms with van der Waals surface area (Å²) in [6, 6.07) is 30.8. The van der Waals surface area contributed by atoms with Gasteiger partial charge in [0.25, 0.3) is 0 Å². The number of benzene rings is 8. The van der Waals surface area contributed by atoms with Crippen LogP contribution in [-0.4, -0.2) is 0 Å². The summed E-state index contributed by atoms with van der Waals surface area (Å²) in [6.07, 6.45) is 0. The number of hydrogen-bond donors (Lipinski definition) is 0. The van der Waals surface area contributed by atoms with Crippen LogP contribution in [0.15, 0.2) is 174 Å². The molecule has 210 valence electrons. The minimum atomic E-state index is -0.543. The first-order valence-electron chi connectivity index (χ1n) is 19.6. The van der Waals surface area contributed by atoms with Gasteiger partial charge in [0.05, 0.1) is 13.7 Å². The molecule has 0 radical (unpaired) electrons. The molecule has 0 N–H and O–H groups in total. The second-order valence-corrected chi connectivity index (χ2v) is 10.9. The summed E-state index contributed by atoms with van der Waals surface area (Å²) in [5.74, 6) is 0. The Morgan fingerprint density at radius 1 is 0.378 bits per heavy atom. The standard InChI is InChI=1S/C44H28O/c1-3-13-29(14-4-1)30-25-27-32(28-26-30)41-34-17-7-9-19-36(34)42(37-20-10-8-18-35(37)41)38-22-11-23-39-43-33(31-15-5-2-6-16-31)21-12-24-40(43)45-44(38)39/h1-28H/i2D,5D,6D,11D,12D,15D,21D,22D,23D,24D. The number of para-hydroxylation sites is 1. The molecule has 1 nitrogen and oxygen atoms in total. The maximum Gasteiger partial charge on any atom is 0.143 e. The molecule has 0 aliphatic heterocycles. The summed E-state index contributed by atoms with van der Waals surface area (Å²) in [5.41, 5.74) is 4.51. The average Bonchev–Trinajstić information content (AvgIpc) is 3.60. The van der Waals surface area contributed by atoms with Crippen LogP contribution in [0.4, 0.5) is 0 Å². The third kappa shape index (κ3) is 4.09. The topological polar surface area (TPSA) is 13.1 Å². The van der Waals surface area contributed by atoms with Crippen molar-refractivity contribution in [1.82, 2.24) is 0 Å². The Balaban J connectivity index is 1.42. The molecular weight excluding hydrogens is 544 g/mol. The van der Waals surface area contributed by atoms with E-state index < -0.39 is 48.3 Å². The molecule has 0 aliphatic carbocycles.